The van der Waals surface area contributed by atoms with Gasteiger partial charge in [0.15, 0.2) is 0 Å². The van der Waals surface area contributed by atoms with Gasteiger partial charge in [-0.05, 0) is 37.2 Å². The first kappa shape index (κ1) is 18.6. The van der Waals surface area contributed by atoms with Crippen LogP contribution in [-0.2, 0) is 4.79 Å². The summed E-state index contributed by atoms with van der Waals surface area (Å²) in [6, 6.07) is 3.70. The summed E-state index contributed by atoms with van der Waals surface area (Å²) in [6.45, 7) is 1.81. The predicted octanol–water partition coefficient (Wildman–Crippen LogP) is 2.62. The number of carbonyl (C=O) groups excluding carboxylic acids is 3. The van der Waals surface area contributed by atoms with Crippen LogP contribution >= 0.6 is 0 Å². The number of hydrogen-bond acceptors (Lipinski definition) is 5. The Balaban J connectivity index is 1.33. The van der Waals surface area contributed by atoms with Gasteiger partial charge in [0.1, 0.15) is 0 Å². The van der Waals surface area contributed by atoms with Crippen LogP contribution in [0.25, 0.3) is 0 Å². The smallest absolute Gasteiger partial charge is 0.270 e. The number of imide groups is 1. The number of benzene rings is 1. The third-order valence-electron chi connectivity index (χ3n) is 6.27. The Morgan fingerprint density at radius 2 is 1.71 bits per heavy atom. The standard InChI is InChI=1S/C20H23N3O5/c24-18(21-11-13-4-1-2-5-14(13)12-21)6-3-9-22-19(25)16-8-7-15(23(27)28)10-17(16)20(22)26/h7-8,10,13-14H,1-6,9,11-12H2. The molecule has 1 saturated heterocycles. The molecule has 2 aliphatic heterocycles. The highest BCUT2D eigenvalue weighted by molar-refractivity contribution is 6.21. The summed E-state index contributed by atoms with van der Waals surface area (Å²) in [5.41, 5.74) is 0.0344. The first-order valence-electron chi connectivity index (χ1n) is 9.88. The topological polar surface area (TPSA) is 101 Å². The lowest BCUT2D eigenvalue weighted by molar-refractivity contribution is -0.384. The molecule has 148 valence electrons. The molecule has 8 heteroatoms. The van der Waals surface area contributed by atoms with E-state index in [2.05, 4.69) is 0 Å². The molecule has 0 N–H and O–H groups in total. The van der Waals surface area contributed by atoms with Crippen molar-refractivity contribution in [3.8, 4) is 0 Å². The fourth-order valence-electron chi connectivity index (χ4n) is 4.75. The fourth-order valence-corrected chi connectivity index (χ4v) is 4.75. The Morgan fingerprint density at radius 1 is 1.07 bits per heavy atom. The largest absolute Gasteiger partial charge is 0.342 e. The third-order valence-corrected chi connectivity index (χ3v) is 6.27. The minimum Gasteiger partial charge on any atom is -0.342 e. The molecule has 1 aromatic rings. The summed E-state index contributed by atoms with van der Waals surface area (Å²) >= 11 is 0. The minimum absolute atomic E-state index is 0.0640. The van der Waals surface area contributed by atoms with Gasteiger partial charge in [-0.2, -0.15) is 0 Å². The van der Waals surface area contributed by atoms with E-state index in [1.807, 2.05) is 4.90 Å². The minimum atomic E-state index is -0.590. The van der Waals surface area contributed by atoms with Crippen molar-refractivity contribution in [2.24, 2.45) is 11.8 Å². The molecule has 3 aliphatic rings. The molecule has 8 nitrogen and oxygen atoms in total. The average molecular weight is 385 g/mol. The summed E-state index contributed by atoms with van der Waals surface area (Å²) in [5.74, 6) is 0.369. The lowest BCUT2D eigenvalue weighted by Gasteiger charge is -2.22. The molecule has 0 aromatic heterocycles. The zero-order valence-corrected chi connectivity index (χ0v) is 15.6. The maximum atomic E-state index is 12.5. The van der Waals surface area contributed by atoms with Gasteiger partial charge in [-0.1, -0.05) is 12.8 Å². The van der Waals surface area contributed by atoms with Crippen LogP contribution in [-0.4, -0.2) is 52.1 Å². The molecule has 1 aliphatic carbocycles. The number of nitro groups is 1. The van der Waals surface area contributed by atoms with Crippen LogP contribution in [0.5, 0.6) is 0 Å². The molecular formula is C20H23N3O5. The second-order valence-electron chi connectivity index (χ2n) is 7.96. The van der Waals surface area contributed by atoms with E-state index >= 15 is 0 Å². The Kier molecular flexibility index (Phi) is 4.87. The summed E-state index contributed by atoms with van der Waals surface area (Å²) in [4.78, 5) is 50.8. The molecule has 1 saturated carbocycles. The average Bonchev–Trinajstić information content (AvgIpc) is 3.22. The van der Waals surface area contributed by atoms with Crippen LogP contribution in [0.3, 0.4) is 0 Å². The monoisotopic (exact) mass is 385 g/mol. The van der Waals surface area contributed by atoms with Crippen molar-refractivity contribution in [1.29, 1.82) is 0 Å². The lowest BCUT2D eigenvalue weighted by atomic mass is 9.82. The summed E-state index contributed by atoms with van der Waals surface area (Å²) in [7, 11) is 0. The Bertz CT molecular complexity index is 838. The zero-order valence-electron chi connectivity index (χ0n) is 15.6. The number of rotatable bonds is 5. The molecule has 2 fully saturated rings. The fraction of sp³-hybridized carbons (Fsp3) is 0.550. The first-order valence-corrected chi connectivity index (χ1v) is 9.88. The van der Waals surface area contributed by atoms with Crippen LogP contribution in [0.1, 0.15) is 59.2 Å². The van der Waals surface area contributed by atoms with E-state index in [1.165, 1.54) is 37.8 Å². The molecule has 28 heavy (non-hydrogen) atoms. The number of likely N-dealkylation sites (tertiary alicyclic amines) is 1. The van der Waals surface area contributed by atoms with Crippen LogP contribution in [0, 0.1) is 22.0 Å². The van der Waals surface area contributed by atoms with E-state index in [1.54, 1.807) is 0 Å². The van der Waals surface area contributed by atoms with Gasteiger partial charge in [0.25, 0.3) is 17.5 Å². The SMILES string of the molecule is O=C(CCCN1C(=O)c2ccc([N+](=O)[O-])cc2C1=O)N1CC2CCCCC2C1. The van der Waals surface area contributed by atoms with Crippen molar-refractivity contribution in [2.75, 3.05) is 19.6 Å². The van der Waals surface area contributed by atoms with Gasteiger partial charge in [-0.25, -0.2) is 0 Å². The van der Waals surface area contributed by atoms with E-state index in [4.69, 9.17) is 0 Å². The van der Waals surface area contributed by atoms with Crippen molar-refractivity contribution in [3.63, 3.8) is 0 Å². The number of non-ortho nitro benzene ring substituents is 1. The highest BCUT2D eigenvalue weighted by atomic mass is 16.6. The van der Waals surface area contributed by atoms with Gasteiger partial charge < -0.3 is 4.90 Å². The highest BCUT2D eigenvalue weighted by Crippen LogP contribution is 2.36. The molecule has 4 rings (SSSR count). The van der Waals surface area contributed by atoms with Crippen molar-refractivity contribution in [1.82, 2.24) is 9.80 Å². The molecule has 2 heterocycles. The number of hydrogen-bond donors (Lipinski definition) is 0. The Hall–Kier alpha value is -2.77. The van der Waals surface area contributed by atoms with Crippen molar-refractivity contribution < 1.29 is 19.3 Å². The highest BCUT2D eigenvalue weighted by Gasteiger charge is 2.38. The van der Waals surface area contributed by atoms with E-state index in [0.29, 0.717) is 24.7 Å². The molecule has 2 unspecified atom stereocenters. The lowest BCUT2D eigenvalue weighted by Crippen LogP contribution is -2.33. The number of nitrogens with zero attached hydrogens (tertiary/aromatic N) is 3. The van der Waals surface area contributed by atoms with Gasteiger partial charge in [-0.3, -0.25) is 29.4 Å². The van der Waals surface area contributed by atoms with E-state index in [9.17, 15) is 24.5 Å². The second-order valence-corrected chi connectivity index (χ2v) is 7.96. The third kappa shape index (κ3) is 3.27. The maximum absolute atomic E-state index is 12.5. The zero-order chi connectivity index (χ0) is 19.8. The summed E-state index contributed by atoms with van der Waals surface area (Å²) in [6.07, 6.45) is 5.61. The molecular weight excluding hydrogens is 362 g/mol. The summed E-state index contributed by atoms with van der Waals surface area (Å²) in [5, 5.41) is 10.9. The summed E-state index contributed by atoms with van der Waals surface area (Å²) < 4.78 is 0. The molecule has 0 spiro atoms. The van der Waals surface area contributed by atoms with Gasteiger partial charge >= 0.3 is 0 Å². The van der Waals surface area contributed by atoms with E-state index < -0.39 is 16.7 Å². The number of nitro benzene ring substituents is 1. The van der Waals surface area contributed by atoms with Crippen LogP contribution in [0.2, 0.25) is 0 Å². The predicted molar refractivity (Wildman–Crippen MR) is 99.7 cm³/mol. The number of carbonyl (C=O) groups is 3. The van der Waals surface area contributed by atoms with Crippen molar-refractivity contribution >= 4 is 23.4 Å². The van der Waals surface area contributed by atoms with Crippen LogP contribution < -0.4 is 0 Å². The van der Waals surface area contributed by atoms with Gasteiger partial charge in [0.05, 0.1) is 16.1 Å². The number of amides is 3. The normalized spacial score (nSPS) is 23.7. The molecule has 0 radical (unpaired) electrons. The van der Waals surface area contributed by atoms with Gasteiger partial charge in [0.2, 0.25) is 5.91 Å². The maximum Gasteiger partial charge on any atom is 0.270 e. The van der Waals surface area contributed by atoms with E-state index in [0.717, 1.165) is 24.1 Å². The van der Waals surface area contributed by atoms with Gasteiger partial charge in [-0.15, -0.1) is 0 Å². The molecule has 2 atom stereocenters. The Morgan fingerprint density at radius 3 is 2.36 bits per heavy atom. The number of fused-ring (bicyclic) bond motifs is 2. The van der Waals surface area contributed by atoms with Crippen LogP contribution in [0.15, 0.2) is 18.2 Å². The molecule has 3 amide bonds. The quantitative estimate of drug-likeness (QED) is 0.441. The van der Waals surface area contributed by atoms with Gasteiger partial charge in [0, 0.05) is 38.2 Å². The second kappa shape index (κ2) is 7.33. The van der Waals surface area contributed by atoms with Crippen LogP contribution in [0.4, 0.5) is 5.69 Å². The molecule has 0 bridgehead atoms. The Labute approximate surface area is 162 Å². The first-order chi connectivity index (χ1) is 13.5. The van der Waals surface area contributed by atoms with E-state index in [-0.39, 0.29) is 29.3 Å². The van der Waals surface area contributed by atoms with Crippen molar-refractivity contribution in [2.45, 2.75) is 38.5 Å². The molecule has 1 aromatic carbocycles. The van der Waals surface area contributed by atoms with Crippen molar-refractivity contribution in [3.05, 3.63) is 39.4 Å².